The van der Waals surface area contributed by atoms with Crippen molar-refractivity contribution >= 4 is 11.0 Å². The molecule has 0 spiro atoms. The number of aryl methyl sites for hydroxylation is 1. The van der Waals surface area contributed by atoms with Crippen LogP contribution in [0.25, 0.3) is 11.0 Å². The number of rotatable bonds is 3. The molecule has 2 aromatic rings. The largest absolute Gasteiger partial charge is 0.243 e. The summed E-state index contributed by atoms with van der Waals surface area (Å²) < 4.78 is 2.28. The molecule has 0 aliphatic heterocycles. The van der Waals surface area contributed by atoms with Gasteiger partial charge in [-0.25, -0.2) is 9.55 Å². The lowest BCUT2D eigenvalue weighted by Gasteiger charge is -1.94. The molecule has 0 radical (unpaired) electrons. The van der Waals surface area contributed by atoms with Gasteiger partial charge in [-0.05, 0) is 18.6 Å². The average molecular weight is 175 g/mol. The van der Waals surface area contributed by atoms with E-state index in [1.165, 1.54) is 23.9 Å². The molecule has 0 unspecified atom stereocenters. The SMILES string of the molecule is CCCC[n+]1c[nH]c2ccccc21. The third kappa shape index (κ3) is 1.57. The minimum atomic E-state index is 1.11. The van der Waals surface area contributed by atoms with Gasteiger partial charge in [-0.2, -0.15) is 0 Å². The van der Waals surface area contributed by atoms with Gasteiger partial charge < -0.3 is 0 Å². The Hall–Kier alpha value is -1.31. The summed E-state index contributed by atoms with van der Waals surface area (Å²) in [6.07, 6.45) is 4.54. The second kappa shape index (κ2) is 3.60. The number of H-pyrrole nitrogens is 1. The Balaban J connectivity index is 2.35. The Morgan fingerprint density at radius 3 is 3.00 bits per heavy atom. The fourth-order valence-electron chi connectivity index (χ4n) is 1.58. The molecule has 1 N–H and O–H groups in total. The Morgan fingerprint density at radius 1 is 1.31 bits per heavy atom. The van der Waals surface area contributed by atoms with Crippen molar-refractivity contribution < 1.29 is 4.57 Å². The standard InChI is InChI=1S/C11H14N2/c1-2-3-8-13-9-12-10-6-4-5-7-11(10)13/h4-7,9H,2-3,8H2,1H3/p+1. The summed E-state index contributed by atoms with van der Waals surface area (Å²) in [6.45, 7) is 3.33. The second-order valence-corrected chi connectivity index (χ2v) is 3.34. The molecule has 0 saturated heterocycles. The zero-order valence-electron chi connectivity index (χ0n) is 7.96. The topological polar surface area (TPSA) is 19.7 Å². The molecular formula is C11H15N2+. The molecule has 0 saturated carbocycles. The van der Waals surface area contributed by atoms with Crippen LogP contribution in [0.1, 0.15) is 19.8 Å². The molecular weight excluding hydrogens is 160 g/mol. The summed E-state index contributed by atoms with van der Waals surface area (Å²) in [4.78, 5) is 3.26. The van der Waals surface area contributed by atoms with E-state index in [4.69, 9.17) is 0 Å². The van der Waals surface area contributed by atoms with E-state index in [1.54, 1.807) is 0 Å². The van der Waals surface area contributed by atoms with Crippen molar-refractivity contribution in [2.75, 3.05) is 0 Å². The van der Waals surface area contributed by atoms with Crippen molar-refractivity contribution in [1.82, 2.24) is 4.98 Å². The molecule has 0 amide bonds. The first kappa shape index (κ1) is 8.30. The number of benzene rings is 1. The lowest BCUT2D eigenvalue weighted by Crippen LogP contribution is -2.31. The van der Waals surface area contributed by atoms with Crippen LogP contribution in [-0.4, -0.2) is 4.98 Å². The number of unbranched alkanes of at least 4 members (excludes halogenated alkanes) is 1. The smallest absolute Gasteiger partial charge is 0.242 e. The molecule has 2 nitrogen and oxygen atoms in total. The zero-order chi connectivity index (χ0) is 9.10. The van der Waals surface area contributed by atoms with Crippen molar-refractivity contribution in [2.24, 2.45) is 0 Å². The van der Waals surface area contributed by atoms with Crippen LogP contribution in [0.2, 0.25) is 0 Å². The minimum absolute atomic E-state index is 1.11. The molecule has 1 aromatic heterocycles. The monoisotopic (exact) mass is 175 g/mol. The third-order valence-electron chi connectivity index (χ3n) is 2.34. The van der Waals surface area contributed by atoms with Gasteiger partial charge in [-0.15, -0.1) is 0 Å². The predicted octanol–water partition coefficient (Wildman–Crippen LogP) is 2.26. The highest BCUT2D eigenvalue weighted by Crippen LogP contribution is 2.05. The highest BCUT2D eigenvalue weighted by molar-refractivity contribution is 5.70. The first-order valence-corrected chi connectivity index (χ1v) is 4.87. The highest BCUT2D eigenvalue weighted by Gasteiger charge is 2.06. The molecule has 0 bridgehead atoms. The summed E-state index contributed by atoms with van der Waals surface area (Å²) in [5.41, 5.74) is 2.52. The summed E-state index contributed by atoms with van der Waals surface area (Å²) >= 11 is 0. The Kier molecular flexibility index (Phi) is 2.30. The molecule has 2 heteroatoms. The van der Waals surface area contributed by atoms with E-state index in [-0.39, 0.29) is 0 Å². The average Bonchev–Trinajstić information content (AvgIpc) is 2.58. The van der Waals surface area contributed by atoms with Gasteiger partial charge in [-0.1, -0.05) is 25.5 Å². The molecule has 1 heterocycles. The minimum Gasteiger partial charge on any atom is -0.243 e. The molecule has 2 rings (SSSR count). The van der Waals surface area contributed by atoms with Crippen LogP contribution in [0.3, 0.4) is 0 Å². The van der Waals surface area contributed by atoms with Crippen molar-refractivity contribution in [3.05, 3.63) is 30.6 Å². The maximum Gasteiger partial charge on any atom is 0.242 e. The van der Waals surface area contributed by atoms with Gasteiger partial charge in [-0.3, -0.25) is 0 Å². The number of aromatic nitrogens is 2. The molecule has 1 aromatic carbocycles. The number of para-hydroxylation sites is 2. The molecule has 0 fully saturated rings. The number of hydrogen-bond acceptors (Lipinski definition) is 0. The molecule has 13 heavy (non-hydrogen) atoms. The van der Waals surface area contributed by atoms with Gasteiger partial charge >= 0.3 is 0 Å². The lowest BCUT2D eigenvalue weighted by atomic mass is 10.3. The predicted molar refractivity (Wildman–Crippen MR) is 53.4 cm³/mol. The van der Waals surface area contributed by atoms with Gasteiger partial charge in [0.15, 0.2) is 11.0 Å². The van der Waals surface area contributed by atoms with Gasteiger partial charge in [0.25, 0.3) is 0 Å². The molecule has 0 aliphatic rings. The Morgan fingerprint density at radius 2 is 2.15 bits per heavy atom. The lowest BCUT2D eigenvalue weighted by molar-refractivity contribution is -0.671. The first-order chi connectivity index (χ1) is 6.42. The van der Waals surface area contributed by atoms with Gasteiger partial charge in [0.2, 0.25) is 6.33 Å². The number of nitrogens with zero attached hydrogens (tertiary/aromatic N) is 1. The van der Waals surface area contributed by atoms with E-state index in [0.717, 1.165) is 6.54 Å². The number of aromatic amines is 1. The zero-order valence-corrected chi connectivity index (χ0v) is 7.96. The fraction of sp³-hybridized carbons (Fsp3) is 0.364. The quantitative estimate of drug-likeness (QED) is 0.690. The number of nitrogens with one attached hydrogen (secondary N) is 1. The number of hydrogen-bond donors (Lipinski definition) is 1. The van der Waals surface area contributed by atoms with E-state index in [9.17, 15) is 0 Å². The van der Waals surface area contributed by atoms with Crippen LogP contribution in [0.15, 0.2) is 30.6 Å². The van der Waals surface area contributed by atoms with Crippen molar-refractivity contribution in [2.45, 2.75) is 26.3 Å². The van der Waals surface area contributed by atoms with E-state index >= 15 is 0 Å². The molecule has 0 aliphatic carbocycles. The van der Waals surface area contributed by atoms with E-state index in [2.05, 4.69) is 47.1 Å². The van der Waals surface area contributed by atoms with E-state index < -0.39 is 0 Å². The Labute approximate surface area is 78.2 Å². The van der Waals surface area contributed by atoms with Crippen molar-refractivity contribution in [1.29, 1.82) is 0 Å². The maximum atomic E-state index is 3.26. The van der Waals surface area contributed by atoms with E-state index in [1.807, 2.05) is 0 Å². The fourth-order valence-corrected chi connectivity index (χ4v) is 1.58. The molecule has 68 valence electrons. The van der Waals surface area contributed by atoms with Crippen LogP contribution in [0, 0.1) is 0 Å². The van der Waals surface area contributed by atoms with Crippen molar-refractivity contribution in [3.63, 3.8) is 0 Å². The van der Waals surface area contributed by atoms with Crippen LogP contribution < -0.4 is 4.57 Å². The normalized spacial score (nSPS) is 10.8. The van der Waals surface area contributed by atoms with Crippen LogP contribution in [0.5, 0.6) is 0 Å². The number of imidazole rings is 1. The Bertz CT molecular complexity index is 390. The van der Waals surface area contributed by atoms with Crippen molar-refractivity contribution in [3.8, 4) is 0 Å². The summed E-state index contributed by atoms with van der Waals surface area (Å²) in [5, 5.41) is 0. The third-order valence-corrected chi connectivity index (χ3v) is 2.34. The highest BCUT2D eigenvalue weighted by atomic mass is 15.0. The van der Waals surface area contributed by atoms with Crippen LogP contribution in [0.4, 0.5) is 0 Å². The van der Waals surface area contributed by atoms with Gasteiger partial charge in [0.1, 0.15) is 0 Å². The van der Waals surface area contributed by atoms with Crippen LogP contribution in [-0.2, 0) is 6.54 Å². The molecule has 0 atom stereocenters. The summed E-state index contributed by atoms with van der Waals surface area (Å²) in [6, 6.07) is 8.40. The van der Waals surface area contributed by atoms with Gasteiger partial charge in [0, 0.05) is 0 Å². The summed E-state index contributed by atoms with van der Waals surface area (Å²) in [7, 11) is 0. The first-order valence-electron chi connectivity index (χ1n) is 4.87. The van der Waals surface area contributed by atoms with E-state index in [0.29, 0.717) is 0 Å². The van der Waals surface area contributed by atoms with Gasteiger partial charge in [0.05, 0.1) is 6.54 Å². The maximum absolute atomic E-state index is 3.26. The number of fused-ring (bicyclic) bond motifs is 1. The van der Waals surface area contributed by atoms with Crippen LogP contribution >= 0.6 is 0 Å². The second-order valence-electron chi connectivity index (χ2n) is 3.34. The summed E-state index contributed by atoms with van der Waals surface area (Å²) in [5.74, 6) is 0.